The van der Waals surface area contributed by atoms with Gasteiger partial charge in [-0.25, -0.2) is 4.98 Å². The second-order valence-corrected chi connectivity index (χ2v) is 11.4. The van der Waals surface area contributed by atoms with Gasteiger partial charge in [-0.15, -0.1) is 11.3 Å². The zero-order chi connectivity index (χ0) is 20.8. The molecule has 3 nitrogen and oxygen atoms in total. The minimum Gasteiger partial charge on any atom is -0.268 e. The molecule has 29 heavy (non-hydrogen) atoms. The monoisotopic (exact) mass is 426 g/mol. The Morgan fingerprint density at radius 3 is 2.62 bits per heavy atom. The number of rotatable bonds is 4. The first-order valence-electron chi connectivity index (χ1n) is 10.6. The number of hydrogen-bond acceptors (Lipinski definition) is 4. The van der Waals surface area contributed by atoms with Gasteiger partial charge in [-0.1, -0.05) is 57.2 Å². The van der Waals surface area contributed by atoms with Crippen LogP contribution in [-0.2, 0) is 12.8 Å². The van der Waals surface area contributed by atoms with E-state index < -0.39 is 0 Å². The van der Waals surface area contributed by atoms with Crippen LogP contribution in [-0.4, -0.2) is 15.3 Å². The van der Waals surface area contributed by atoms with E-state index in [4.69, 9.17) is 4.98 Å². The van der Waals surface area contributed by atoms with Gasteiger partial charge in [-0.3, -0.25) is 9.36 Å². The fourth-order valence-electron chi connectivity index (χ4n) is 4.16. The summed E-state index contributed by atoms with van der Waals surface area (Å²) < 4.78 is 1.84. The lowest BCUT2D eigenvalue weighted by atomic mass is 9.72. The molecule has 3 aromatic rings. The average molecular weight is 427 g/mol. The van der Waals surface area contributed by atoms with E-state index in [0.717, 1.165) is 52.5 Å². The van der Waals surface area contributed by atoms with Crippen LogP contribution < -0.4 is 5.56 Å². The van der Waals surface area contributed by atoms with E-state index in [0.29, 0.717) is 11.3 Å². The molecular weight excluding hydrogens is 396 g/mol. The van der Waals surface area contributed by atoms with Crippen molar-refractivity contribution in [3.8, 4) is 5.69 Å². The van der Waals surface area contributed by atoms with Gasteiger partial charge in [0.25, 0.3) is 5.56 Å². The van der Waals surface area contributed by atoms with Gasteiger partial charge in [0.15, 0.2) is 5.16 Å². The lowest BCUT2D eigenvalue weighted by Crippen LogP contribution is -2.27. The summed E-state index contributed by atoms with van der Waals surface area (Å²) >= 11 is 3.43. The molecular formula is C24H30N2OS2. The van der Waals surface area contributed by atoms with Gasteiger partial charge in [0.2, 0.25) is 0 Å². The number of aromatic nitrogens is 2. The minimum absolute atomic E-state index is 0.101. The van der Waals surface area contributed by atoms with Crippen LogP contribution in [0, 0.1) is 18.3 Å². The Bertz CT molecular complexity index is 1090. The standard InChI is InChI=1S/C24H30N2OS2/c1-6-13-28-23-25-21-20(22(27)26(23)17-10-7-15(2)8-11-17)18-12-9-16(24(3,4)5)14-19(18)29-21/h7-8,10-11,16H,6,9,12-14H2,1-5H3. The van der Waals surface area contributed by atoms with Crippen LogP contribution in [0.4, 0.5) is 0 Å². The van der Waals surface area contributed by atoms with Crippen molar-refractivity contribution in [2.45, 2.75) is 65.5 Å². The fourth-order valence-corrected chi connectivity index (χ4v) is 6.36. The highest BCUT2D eigenvalue weighted by Crippen LogP contribution is 2.42. The van der Waals surface area contributed by atoms with E-state index in [1.54, 1.807) is 23.1 Å². The molecule has 0 amide bonds. The average Bonchev–Trinajstić information content (AvgIpc) is 3.04. The zero-order valence-corrected chi connectivity index (χ0v) is 19.7. The Balaban J connectivity index is 1.90. The number of thioether (sulfide) groups is 1. The molecule has 1 aromatic carbocycles. The van der Waals surface area contributed by atoms with Crippen LogP contribution in [0.3, 0.4) is 0 Å². The van der Waals surface area contributed by atoms with Crippen LogP contribution >= 0.6 is 23.1 Å². The summed E-state index contributed by atoms with van der Waals surface area (Å²) in [6, 6.07) is 8.21. The summed E-state index contributed by atoms with van der Waals surface area (Å²) in [5.41, 5.74) is 3.77. The van der Waals surface area contributed by atoms with E-state index in [2.05, 4.69) is 46.8 Å². The minimum atomic E-state index is 0.101. The predicted octanol–water partition coefficient (Wildman–Crippen LogP) is 6.41. The molecule has 2 heterocycles. The van der Waals surface area contributed by atoms with Crippen molar-refractivity contribution in [2.24, 2.45) is 11.3 Å². The van der Waals surface area contributed by atoms with Gasteiger partial charge >= 0.3 is 0 Å². The molecule has 1 aliphatic carbocycles. The summed E-state index contributed by atoms with van der Waals surface area (Å²) in [6.45, 7) is 11.2. The van der Waals surface area contributed by atoms with Gasteiger partial charge in [0.1, 0.15) is 4.83 Å². The van der Waals surface area contributed by atoms with E-state index in [1.807, 2.05) is 16.7 Å². The molecule has 0 fully saturated rings. The van der Waals surface area contributed by atoms with Crippen molar-refractivity contribution in [2.75, 3.05) is 5.75 Å². The second-order valence-electron chi connectivity index (χ2n) is 9.21. The van der Waals surface area contributed by atoms with Crippen LogP contribution in [0.1, 0.15) is 56.5 Å². The molecule has 2 aromatic heterocycles. The highest BCUT2D eigenvalue weighted by molar-refractivity contribution is 7.99. The fraction of sp³-hybridized carbons (Fsp3) is 0.500. The number of hydrogen-bond donors (Lipinski definition) is 0. The predicted molar refractivity (Wildman–Crippen MR) is 126 cm³/mol. The van der Waals surface area contributed by atoms with Crippen molar-refractivity contribution in [1.29, 1.82) is 0 Å². The molecule has 0 radical (unpaired) electrons. The largest absolute Gasteiger partial charge is 0.268 e. The highest BCUT2D eigenvalue weighted by atomic mass is 32.2. The van der Waals surface area contributed by atoms with Gasteiger partial charge in [-0.2, -0.15) is 0 Å². The number of nitrogens with zero attached hydrogens (tertiary/aromatic N) is 2. The maximum Gasteiger partial charge on any atom is 0.267 e. The SMILES string of the molecule is CCCSc1nc2sc3c(c2c(=O)n1-c1ccc(C)cc1)CCC(C(C)(C)C)C3. The maximum absolute atomic E-state index is 13.7. The molecule has 0 saturated carbocycles. The molecule has 0 saturated heterocycles. The third-order valence-electron chi connectivity index (χ3n) is 6.00. The molecule has 1 unspecified atom stereocenters. The van der Waals surface area contributed by atoms with Crippen LogP contribution in [0.5, 0.6) is 0 Å². The Morgan fingerprint density at radius 1 is 1.24 bits per heavy atom. The first kappa shape index (κ1) is 20.7. The number of thiophene rings is 1. The first-order chi connectivity index (χ1) is 13.8. The van der Waals surface area contributed by atoms with E-state index in [-0.39, 0.29) is 5.56 Å². The van der Waals surface area contributed by atoms with Crippen LogP contribution in [0.2, 0.25) is 0 Å². The molecule has 154 valence electrons. The number of aryl methyl sites for hydroxylation is 2. The number of fused-ring (bicyclic) bond motifs is 3. The summed E-state index contributed by atoms with van der Waals surface area (Å²) in [6.07, 6.45) is 4.27. The lowest BCUT2D eigenvalue weighted by molar-refractivity contribution is 0.218. The quantitative estimate of drug-likeness (QED) is 0.357. The van der Waals surface area contributed by atoms with Gasteiger partial charge in [0.05, 0.1) is 11.1 Å². The third-order valence-corrected chi connectivity index (χ3v) is 8.30. The zero-order valence-electron chi connectivity index (χ0n) is 18.0. The van der Waals surface area contributed by atoms with E-state index >= 15 is 0 Å². The van der Waals surface area contributed by atoms with Crippen molar-refractivity contribution in [1.82, 2.24) is 9.55 Å². The molecule has 0 bridgehead atoms. The van der Waals surface area contributed by atoms with Crippen molar-refractivity contribution in [3.05, 3.63) is 50.6 Å². The first-order valence-corrected chi connectivity index (χ1v) is 12.4. The summed E-state index contributed by atoms with van der Waals surface area (Å²) in [7, 11) is 0. The van der Waals surface area contributed by atoms with Crippen LogP contribution in [0.15, 0.2) is 34.2 Å². The molecule has 0 N–H and O–H groups in total. The molecule has 4 rings (SSSR count). The third kappa shape index (κ3) is 3.91. The topological polar surface area (TPSA) is 34.9 Å². The smallest absolute Gasteiger partial charge is 0.267 e. The van der Waals surface area contributed by atoms with E-state index in [1.165, 1.54) is 16.0 Å². The molecule has 0 spiro atoms. The Kier molecular flexibility index (Phi) is 5.64. The molecule has 1 atom stereocenters. The van der Waals surface area contributed by atoms with Gasteiger partial charge in [0, 0.05) is 10.6 Å². The number of benzene rings is 1. The van der Waals surface area contributed by atoms with Crippen molar-refractivity contribution in [3.63, 3.8) is 0 Å². The summed E-state index contributed by atoms with van der Waals surface area (Å²) in [4.78, 5) is 21.0. The van der Waals surface area contributed by atoms with Crippen molar-refractivity contribution >= 4 is 33.3 Å². The van der Waals surface area contributed by atoms with Gasteiger partial charge < -0.3 is 0 Å². The molecule has 5 heteroatoms. The Morgan fingerprint density at radius 2 is 1.97 bits per heavy atom. The van der Waals surface area contributed by atoms with Gasteiger partial charge in [-0.05, 0) is 61.6 Å². The maximum atomic E-state index is 13.7. The normalized spacial score (nSPS) is 16.9. The summed E-state index contributed by atoms with van der Waals surface area (Å²) in [5.74, 6) is 1.62. The Hall–Kier alpha value is -1.59. The van der Waals surface area contributed by atoms with Crippen LogP contribution in [0.25, 0.3) is 15.9 Å². The Labute approximate surface area is 181 Å². The summed E-state index contributed by atoms with van der Waals surface area (Å²) in [5, 5.41) is 1.68. The highest BCUT2D eigenvalue weighted by Gasteiger charge is 2.32. The molecule has 0 aliphatic heterocycles. The van der Waals surface area contributed by atoms with E-state index in [9.17, 15) is 4.79 Å². The second kappa shape index (κ2) is 7.92. The van der Waals surface area contributed by atoms with Crippen molar-refractivity contribution < 1.29 is 0 Å². The molecule has 1 aliphatic rings. The lowest BCUT2D eigenvalue weighted by Gasteiger charge is -2.33.